The largest absolute Gasteiger partial charge is 0.372 e. The van der Waals surface area contributed by atoms with Crippen molar-refractivity contribution in [1.82, 2.24) is 15.3 Å². The maximum Gasteiger partial charge on any atom is 0.263 e. The topological polar surface area (TPSA) is 67.4 Å². The fraction of sp³-hybridized carbons (Fsp3) is 0.500. The summed E-state index contributed by atoms with van der Waals surface area (Å²) in [5, 5.41) is 3.90. The number of nitrogens with one attached hydrogen (secondary N) is 1. The highest BCUT2D eigenvalue weighted by molar-refractivity contribution is 7.13. The normalized spacial score (nSPS) is 20.5. The molecule has 0 saturated carbocycles. The molecule has 0 bridgehead atoms. The van der Waals surface area contributed by atoms with Gasteiger partial charge >= 0.3 is 0 Å². The van der Waals surface area contributed by atoms with Gasteiger partial charge in [0, 0.05) is 25.8 Å². The van der Waals surface area contributed by atoms with E-state index in [-0.39, 0.29) is 18.1 Å². The number of aromatic nitrogens is 2. The zero-order valence-corrected chi connectivity index (χ0v) is 15.7. The monoisotopic (exact) mass is 360 g/mol. The Morgan fingerprint density at radius 2 is 2.04 bits per heavy atom. The van der Waals surface area contributed by atoms with Gasteiger partial charge in [-0.25, -0.2) is 9.97 Å². The molecule has 134 valence electrons. The second-order valence-corrected chi connectivity index (χ2v) is 7.46. The zero-order valence-electron chi connectivity index (χ0n) is 14.9. The van der Waals surface area contributed by atoms with Crippen LogP contribution in [-0.4, -0.2) is 41.2 Å². The Bertz CT molecular complexity index is 706. The molecule has 25 heavy (non-hydrogen) atoms. The van der Waals surface area contributed by atoms with Crippen molar-refractivity contribution in [3.05, 3.63) is 40.0 Å². The van der Waals surface area contributed by atoms with E-state index in [1.807, 2.05) is 25.3 Å². The van der Waals surface area contributed by atoms with E-state index < -0.39 is 0 Å². The number of hydrogen-bond donors (Lipinski definition) is 1. The number of thiazole rings is 1. The van der Waals surface area contributed by atoms with Crippen LogP contribution in [0.1, 0.15) is 41.0 Å². The van der Waals surface area contributed by atoms with E-state index in [4.69, 9.17) is 4.74 Å². The van der Waals surface area contributed by atoms with Crippen LogP contribution in [0.4, 0.5) is 5.82 Å². The summed E-state index contributed by atoms with van der Waals surface area (Å²) in [6.07, 6.45) is 4.72. The second-order valence-electron chi connectivity index (χ2n) is 6.34. The second kappa shape index (κ2) is 7.93. The van der Waals surface area contributed by atoms with Gasteiger partial charge in [0.15, 0.2) is 0 Å². The summed E-state index contributed by atoms with van der Waals surface area (Å²) in [5.74, 6) is 0.865. The Balaban J connectivity index is 1.56. The number of carbonyl (C=O) groups excluding carboxylic acids is 1. The summed E-state index contributed by atoms with van der Waals surface area (Å²) in [5.41, 5.74) is 0.978. The molecule has 7 heteroatoms. The molecular formula is C18H24N4O2S. The number of aryl methyl sites for hydroxylation is 1. The number of amides is 1. The summed E-state index contributed by atoms with van der Waals surface area (Å²) in [7, 11) is 0. The van der Waals surface area contributed by atoms with Crippen molar-refractivity contribution in [2.24, 2.45) is 0 Å². The van der Waals surface area contributed by atoms with Crippen LogP contribution in [0.15, 0.2) is 24.5 Å². The maximum absolute atomic E-state index is 12.2. The third-order valence-corrected chi connectivity index (χ3v) is 5.23. The van der Waals surface area contributed by atoms with Gasteiger partial charge in [0.05, 0.1) is 23.4 Å². The van der Waals surface area contributed by atoms with Crippen LogP contribution in [0, 0.1) is 0 Å². The first-order chi connectivity index (χ1) is 12.0. The predicted octanol–water partition coefficient (Wildman–Crippen LogP) is 2.64. The number of pyridine rings is 1. The summed E-state index contributed by atoms with van der Waals surface area (Å²) in [4.78, 5) is 23.8. The first kappa shape index (κ1) is 17.8. The molecule has 3 rings (SSSR count). The van der Waals surface area contributed by atoms with Gasteiger partial charge in [-0.05, 0) is 31.9 Å². The van der Waals surface area contributed by atoms with E-state index in [1.54, 1.807) is 6.20 Å². The van der Waals surface area contributed by atoms with E-state index >= 15 is 0 Å². The quantitative estimate of drug-likeness (QED) is 0.888. The van der Waals surface area contributed by atoms with Crippen molar-refractivity contribution in [2.45, 2.75) is 45.9 Å². The van der Waals surface area contributed by atoms with Gasteiger partial charge in [0.2, 0.25) is 0 Å². The van der Waals surface area contributed by atoms with E-state index in [0.717, 1.165) is 35.9 Å². The van der Waals surface area contributed by atoms with Gasteiger partial charge in [0.25, 0.3) is 5.91 Å². The van der Waals surface area contributed by atoms with Crippen molar-refractivity contribution in [3.63, 3.8) is 0 Å². The number of carbonyl (C=O) groups is 1. The first-order valence-corrected chi connectivity index (χ1v) is 9.45. The average Bonchev–Trinajstić information content (AvgIpc) is 3.08. The van der Waals surface area contributed by atoms with Crippen LogP contribution in [0.2, 0.25) is 0 Å². The van der Waals surface area contributed by atoms with Crippen molar-refractivity contribution in [1.29, 1.82) is 0 Å². The lowest BCUT2D eigenvalue weighted by Crippen LogP contribution is -2.45. The highest BCUT2D eigenvalue weighted by Crippen LogP contribution is 2.18. The van der Waals surface area contributed by atoms with Gasteiger partial charge in [-0.15, -0.1) is 11.3 Å². The SMILES string of the molecule is CCc1ncc(C(=O)NCc2ccc(N3CC(C)OC(C)C3)nc2)s1. The zero-order chi connectivity index (χ0) is 17.8. The van der Waals surface area contributed by atoms with Gasteiger partial charge in [0.1, 0.15) is 10.7 Å². The number of rotatable bonds is 5. The standard InChI is InChI=1S/C18H24N4O2S/c1-4-17-20-9-15(25-17)18(23)21-8-14-5-6-16(19-7-14)22-10-12(2)24-13(3)11-22/h5-7,9,12-13H,4,8,10-11H2,1-3H3,(H,21,23). The van der Waals surface area contributed by atoms with E-state index in [1.165, 1.54) is 11.3 Å². The minimum atomic E-state index is -0.0860. The third-order valence-electron chi connectivity index (χ3n) is 4.09. The number of morpholine rings is 1. The summed E-state index contributed by atoms with van der Waals surface area (Å²) >= 11 is 1.44. The minimum Gasteiger partial charge on any atom is -0.372 e. The fourth-order valence-corrected chi connectivity index (χ4v) is 3.70. The molecule has 1 aliphatic rings. The molecule has 1 fully saturated rings. The maximum atomic E-state index is 12.2. The van der Waals surface area contributed by atoms with Crippen LogP contribution in [0.25, 0.3) is 0 Å². The van der Waals surface area contributed by atoms with E-state index in [0.29, 0.717) is 11.4 Å². The van der Waals surface area contributed by atoms with E-state index in [2.05, 4.69) is 34.0 Å². The van der Waals surface area contributed by atoms with Gasteiger partial charge in [-0.1, -0.05) is 13.0 Å². The van der Waals surface area contributed by atoms with E-state index in [9.17, 15) is 4.79 Å². The first-order valence-electron chi connectivity index (χ1n) is 8.63. The Morgan fingerprint density at radius 3 is 2.64 bits per heavy atom. The lowest BCUT2D eigenvalue weighted by Gasteiger charge is -2.36. The van der Waals surface area contributed by atoms with Crippen LogP contribution >= 0.6 is 11.3 Å². The molecular weight excluding hydrogens is 336 g/mol. The van der Waals surface area contributed by atoms with Gasteiger partial charge in [-0.2, -0.15) is 0 Å². The number of hydrogen-bond acceptors (Lipinski definition) is 6. The minimum absolute atomic E-state index is 0.0860. The number of ether oxygens (including phenoxy) is 1. The molecule has 1 N–H and O–H groups in total. The molecule has 6 nitrogen and oxygen atoms in total. The molecule has 0 spiro atoms. The number of anilines is 1. The molecule has 1 saturated heterocycles. The smallest absolute Gasteiger partial charge is 0.263 e. The van der Waals surface area contributed by atoms with Gasteiger partial charge in [-0.3, -0.25) is 4.79 Å². The lowest BCUT2D eigenvalue weighted by molar-refractivity contribution is -0.00546. The van der Waals surface area contributed by atoms with Crippen LogP contribution in [0.3, 0.4) is 0 Å². The molecule has 0 aromatic carbocycles. The van der Waals surface area contributed by atoms with Crippen molar-refractivity contribution in [3.8, 4) is 0 Å². The molecule has 1 aliphatic heterocycles. The molecule has 3 heterocycles. The Morgan fingerprint density at radius 1 is 1.28 bits per heavy atom. The van der Waals surface area contributed by atoms with Crippen LogP contribution in [-0.2, 0) is 17.7 Å². The molecule has 2 unspecified atom stereocenters. The summed E-state index contributed by atoms with van der Waals surface area (Å²) in [6, 6.07) is 4.02. The van der Waals surface area contributed by atoms with Crippen molar-refractivity contribution < 1.29 is 9.53 Å². The summed E-state index contributed by atoms with van der Waals surface area (Å²) in [6.45, 7) is 8.34. The lowest BCUT2D eigenvalue weighted by atomic mass is 10.2. The van der Waals surface area contributed by atoms with Gasteiger partial charge < -0.3 is 15.0 Å². The Kier molecular flexibility index (Phi) is 5.65. The molecule has 0 aliphatic carbocycles. The van der Waals surface area contributed by atoms with Crippen LogP contribution < -0.4 is 10.2 Å². The highest BCUT2D eigenvalue weighted by atomic mass is 32.1. The Labute approximate surface area is 152 Å². The van der Waals surface area contributed by atoms with Crippen molar-refractivity contribution in [2.75, 3.05) is 18.0 Å². The average molecular weight is 360 g/mol. The fourth-order valence-electron chi connectivity index (χ4n) is 2.92. The molecule has 1 amide bonds. The third kappa shape index (κ3) is 4.55. The summed E-state index contributed by atoms with van der Waals surface area (Å²) < 4.78 is 5.76. The highest BCUT2D eigenvalue weighted by Gasteiger charge is 2.23. The molecule has 2 aromatic heterocycles. The molecule has 2 aromatic rings. The van der Waals surface area contributed by atoms with Crippen LogP contribution in [0.5, 0.6) is 0 Å². The number of nitrogens with zero attached hydrogens (tertiary/aromatic N) is 3. The molecule has 0 radical (unpaired) electrons. The predicted molar refractivity (Wildman–Crippen MR) is 99.1 cm³/mol. The molecule has 2 atom stereocenters. The Hall–Kier alpha value is -1.99. The van der Waals surface area contributed by atoms with Crippen molar-refractivity contribution >= 4 is 23.1 Å².